The van der Waals surface area contributed by atoms with Crippen LogP contribution in [0, 0.1) is 5.41 Å². The molecule has 4 nitrogen and oxygen atoms in total. The highest BCUT2D eigenvalue weighted by Gasteiger charge is 2.19. The Morgan fingerprint density at radius 3 is 2.39 bits per heavy atom. The number of thioether (sulfide) groups is 1. The van der Waals surface area contributed by atoms with Crippen LogP contribution in [0.15, 0.2) is 54.6 Å². The van der Waals surface area contributed by atoms with E-state index < -0.39 is 0 Å². The molecule has 0 aromatic heterocycles. The smallest absolute Gasteiger partial charge is 0.237 e. The van der Waals surface area contributed by atoms with Gasteiger partial charge in [-0.2, -0.15) is 0 Å². The van der Waals surface area contributed by atoms with E-state index in [1.807, 2.05) is 49.4 Å². The number of benzene rings is 2. The van der Waals surface area contributed by atoms with Crippen LogP contribution in [0.1, 0.15) is 28.9 Å². The molecule has 0 aliphatic heterocycles. The van der Waals surface area contributed by atoms with E-state index in [1.54, 1.807) is 23.9 Å². The molecule has 0 aliphatic carbocycles. The monoisotopic (exact) mass is 327 g/mol. The Labute approximate surface area is 141 Å². The fourth-order valence-electron chi connectivity index (χ4n) is 2.20. The summed E-state index contributed by atoms with van der Waals surface area (Å²) in [6.45, 7) is 2.51. The van der Waals surface area contributed by atoms with Gasteiger partial charge in [0, 0.05) is 12.1 Å². The van der Waals surface area contributed by atoms with Crippen molar-refractivity contribution in [2.24, 2.45) is 5.73 Å². The van der Waals surface area contributed by atoms with Crippen molar-refractivity contribution in [1.29, 1.82) is 5.41 Å². The zero-order chi connectivity index (χ0) is 16.7. The Morgan fingerprint density at radius 2 is 1.83 bits per heavy atom. The first-order chi connectivity index (χ1) is 11.1. The number of carbonyl (C=O) groups is 1. The maximum atomic E-state index is 12.5. The maximum absolute atomic E-state index is 12.5. The molecule has 0 aliphatic rings. The zero-order valence-corrected chi connectivity index (χ0v) is 13.9. The fourth-order valence-corrected chi connectivity index (χ4v) is 3.12. The number of amidine groups is 1. The van der Waals surface area contributed by atoms with Crippen molar-refractivity contribution < 1.29 is 4.79 Å². The summed E-state index contributed by atoms with van der Waals surface area (Å²) in [5.74, 6) is 0.933. The molecule has 0 radical (unpaired) electrons. The lowest BCUT2D eigenvalue weighted by Gasteiger charge is -2.16. The van der Waals surface area contributed by atoms with Crippen molar-refractivity contribution in [1.82, 2.24) is 5.32 Å². The van der Waals surface area contributed by atoms with E-state index in [2.05, 4.69) is 5.32 Å². The fraction of sp³-hybridized carbons (Fsp3) is 0.222. The quantitative estimate of drug-likeness (QED) is 0.540. The maximum Gasteiger partial charge on any atom is 0.237 e. The molecule has 0 saturated heterocycles. The van der Waals surface area contributed by atoms with E-state index in [9.17, 15) is 4.79 Å². The van der Waals surface area contributed by atoms with Gasteiger partial charge in [-0.1, -0.05) is 61.5 Å². The van der Waals surface area contributed by atoms with Gasteiger partial charge in [0.25, 0.3) is 0 Å². The first-order valence-corrected chi connectivity index (χ1v) is 8.54. The second-order valence-corrected chi connectivity index (χ2v) is 6.46. The average molecular weight is 327 g/mol. The van der Waals surface area contributed by atoms with Crippen LogP contribution in [0.25, 0.3) is 0 Å². The van der Waals surface area contributed by atoms with Crippen molar-refractivity contribution in [3.63, 3.8) is 0 Å². The molecule has 4 N–H and O–H groups in total. The van der Waals surface area contributed by atoms with Gasteiger partial charge in [0.15, 0.2) is 0 Å². The lowest BCUT2D eigenvalue weighted by Crippen LogP contribution is -2.27. The summed E-state index contributed by atoms with van der Waals surface area (Å²) < 4.78 is 0. The minimum Gasteiger partial charge on any atom is -0.384 e. The van der Waals surface area contributed by atoms with Gasteiger partial charge in [0.1, 0.15) is 11.1 Å². The summed E-state index contributed by atoms with van der Waals surface area (Å²) in [5, 5.41) is 10.2. The van der Waals surface area contributed by atoms with E-state index >= 15 is 0 Å². The molecular weight excluding hydrogens is 306 g/mol. The van der Waals surface area contributed by atoms with Crippen LogP contribution in [0.2, 0.25) is 0 Å². The highest BCUT2D eigenvalue weighted by molar-refractivity contribution is 8.00. The Bertz CT molecular complexity index is 656. The molecule has 120 valence electrons. The molecule has 2 rings (SSSR count). The predicted octanol–water partition coefficient (Wildman–Crippen LogP) is 3.08. The molecule has 23 heavy (non-hydrogen) atoms. The molecule has 0 fully saturated rings. The molecule has 1 atom stereocenters. The third-order valence-corrected chi connectivity index (χ3v) is 4.56. The van der Waals surface area contributed by atoms with Crippen molar-refractivity contribution in [2.45, 2.75) is 18.7 Å². The summed E-state index contributed by atoms with van der Waals surface area (Å²) in [7, 11) is 0. The molecule has 0 unspecified atom stereocenters. The minimum atomic E-state index is -0.197. The first-order valence-electron chi connectivity index (χ1n) is 7.49. The number of amides is 1. The summed E-state index contributed by atoms with van der Waals surface area (Å²) in [6, 6.07) is 17.1. The Kier molecular flexibility index (Phi) is 6.23. The summed E-state index contributed by atoms with van der Waals surface area (Å²) >= 11 is 1.62. The lowest BCUT2D eigenvalue weighted by atomic mass is 10.1. The minimum absolute atomic E-state index is 0.0127. The molecule has 2 aromatic carbocycles. The van der Waals surface area contributed by atoms with Gasteiger partial charge in [0.05, 0.1) is 0 Å². The Hall–Kier alpha value is -2.27. The molecule has 2 aromatic rings. The van der Waals surface area contributed by atoms with E-state index in [0.29, 0.717) is 12.1 Å². The number of nitrogens with two attached hydrogens (primary N) is 1. The summed E-state index contributed by atoms with van der Waals surface area (Å²) in [6.07, 6.45) is 0. The van der Waals surface area contributed by atoms with Crippen LogP contribution < -0.4 is 11.1 Å². The standard InChI is InChI=1S/C18H21N3OS/c1-2-23-16(14-6-4-3-5-7-14)18(22)21-12-13-8-10-15(11-9-13)17(19)20/h3-11,16H,2,12H2,1H3,(H3,19,20)(H,21,22)/t16-/m0/s1. The number of hydrogen-bond donors (Lipinski definition) is 3. The van der Waals surface area contributed by atoms with Gasteiger partial charge in [-0.15, -0.1) is 11.8 Å². The van der Waals surface area contributed by atoms with E-state index in [4.69, 9.17) is 11.1 Å². The predicted molar refractivity (Wildman–Crippen MR) is 96.6 cm³/mol. The van der Waals surface area contributed by atoms with Crippen molar-refractivity contribution in [2.75, 3.05) is 5.75 Å². The van der Waals surface area contributed by atoms with Crippen molar-refractivity contribution in [3.8, 4) is 0 Å². The number of carbonyl (C=O) groups excluding carboxylic acids is 1. The van der Waals surface area contributed by atoms with Crippen LogP contribution in [-0.2, 0) is 11.3 Å². The second-order valence-electron chi connectivity index (χ2n) is 5.07. The van der Waals surface area contributed by atoms with Crippen molar-refractivity contribution in [3.05, 3.63) is 71.3 Å². The van der Waals surface area contributed by atoms with Gasteiger partial charge < -0.3 is 11.1 Å². The van der Waals surface area contributed by atoms with Crippen LogP contribution in [0.4, 0.5) is 0 Å². The molecule has 0 bridgehead atoms. The highest BCUT2D eigenvalue weighted by atomic mass is 32.2. The lowest BCUT2D eigenvalue weighted by molar-refractivity contribution is -0.120. The van der Waals surface area contributed by atoms with Crippen LogP contribution >= 0.6 is 11.8 Å². The Balaban J connectivity index is 2.00. The van der Waals surface area contributed by atoms with Gasteiger partial charge in [0.2, 0.25) is 5.91 Å². The number of nitrogens with one attached hydrogen (secondary N) is 2. The molecule has 0 spiro atoms. The molecule has 0 heterocycles. The molecule has 5 heteroatoms. The third kappa shape index (κ3) is 4.86. The molecule has 1 amide bonds. The van der Waals surface area contributed by atoms with Gasteiger partial charge in [-0.25, -0.2) is 0 Å². The van der Waals surface area contributed by atoms with Gasteiger partial charge in [-0.3, -0.25) is 10.2 Å². The van der Waals surface area contributed by atoms with E-state index in [0.717, 1.165) is 16.9 Å². The normalized spacial score (nSPS) is 11.7. The summed E-state index contributed by atoms with van der Waals surface area (Å²) in [5.41, 5.74) is 8.12. The van der Waals surface area contributed by atoms with E-state index in [-0.39, 0.29) is 17.0 Å². The summed E-state index contributed by atoms with van der Waals surface area (Å²) in [4.78, 5) is 12.5. The van der Waals surface area contributed by atoms with Crippen LogP contribution in [0.3, 0.4) is 0 Å². The van der Waals surface area contributed by atoms with Crippen molar-refractivity contribution >= 4 is 23.5 Å². The average Bonchev–Trinajstić information content (AvgIpc) is 2.58. The Morgan fingerprint density at radius 1 is 1.17 bits per heavy atom. The number of rotatable bonds is 7. The molecular formula is C18H21N3OS. The first kappa shape index (κ1) is 17.1. The van der Waals surface area contributed by atoms with E-state index in [1.165, 1.54) is 0 Å². The topological polar surface area (TPSA) is 79.0 Å². The van der Waals surface area contributed by atoms with Gasteiger partial charge >= 0.3 is 0 Å². The highest BCUT2D eigenvalue weighted by Crippen LogP contribution is 2.28. The van der Waals surface area contributed by atoms with Gasteiger partial charge in [-0.05, 0) is 16.9 Å². The molecule has 0 saturated carbocycles. The van der Waals surface area contributed by atoms with Crippen LogP contribution in [-0.4, -0.2) is 17.5 Å². The number of nitrogen functional groups attached to an aromatic ring is 1. The second kappa shape index (κ2) is 8.39. The zero-order valence-electron chi connectivity index (χ0n) is 13.1. The third-order valence-electron chi connectivity index (χ3n) is 3.41. The van der Waals surface area contributed by atoms with Crippen LogP contribution in [0.5, 0.6) is 0 Å². The largest absolute Gasteiger partial charge is 0.384 e. The number of hydrogen-bond acceptors (Lipinski definition) is 3. The SMILES string of the molecule is CCS[C@H](C(=O)NCc1ccc(C(=N)N)cc1)c1ccccc1.